The van der Waals surface area contributed by atoms with E-state index in [4.69, 9.17) is 4.74 Å². The monoisotopic (exact) mass is 447 g/mol. The number of nitrogens with zero attached hydrogens (tertiary/aromatic N) is 5. The lowest BCUT2D eigenvalue weighted by Crippen LogP contribution is -2.52. The quantitative estimate of drug-likeness (QED) is 0.589. The molecule has 9 heteroatoms. The Balaban J connectivity index is 1.43. The highest BCUT2D eigenvalue weighted by molar-refractivity contribution is 5.94. The molecule has 3 heterocycles. The molecule has 2 aliphatic rings. The van der Waals surface area contributed by atoms with Crippen LogP contribution in [0.4, 0.5) is 0 Å². The first kappa shape index (κ1) is 21.1. The normalized spacial score (nSPS) is 16.2. The molecule has 1 aliphatic heterocycles. The molecule has 9 nitrogen and oxygen atoms in total. The van der Waals surface area contributed by atoms with Crippen molar-refractivity contribution >= 4 is 23.0 Å². The summed E-state index contributed by atoms with van der Waals surface area (Å²) < 4.78 is 6.69. The van der Waals surface area contributed by atoms with E-state index >= 15 is 0 Å². The van der Waals surface area contributed by atoms with Crippen molar-refractivity contribution in [2.45, 2.75) is 19.4 Å². The van der Waals surface area contributed by atoms with Crippen LogP contribution < -0.4 is 10.3 Å². The van der Waals surface area contributed by atoms with E-state index in [-0.39, 0.29) is 24.1 Å². The highest BCUT2D eigenvalue weighted by Gasteiger charge is 2.35. The summed E-state index contributed by atoms with van der Waals surface area (Å²) in [6.07, 6.45) is 3.52. The molecule has 5 rings (SSSR count). The summed E-state index contributed by atoms with van der Waals surface area (Å²) in [6.45, 7) is 2.00. The van der Waals surface area contributed by atoms with Crippen LogP contribution in [0.3, 0.4) is 0 Å². The van der Waals surface area contributed by atoms with Crippen molar-refractivity contribution in [1.82, 2.24) is 24.3 Å². The minimum absolute atomic E-state index is 0.119. The third kappa shape index (κ3) is 4.18. The summed E-state index contributed by atoms with van der Waals surface area (Å²) in [7, 11) is 1.60. The second kappa shape index (κ2) is 8.65. The van der Waals surface area contributed by atoms with Gasteiger partial charge in [-0.05, 0) is 42.7 Å². The minimum atomic E-state index is -0.474. The van der Waals surface area contributed by atoms with Gasteiger partial charge < -0.3 is 14.5 Å². The van der Waals surface area contributed by atoms with Gasteiger partial charge in [0.2, 0.25) is 5.91 Å². The maximum Gasteiger partial charge on any atom is 0.284 e. The van der Waals surface area contributed by atoms with E-state index in [2.05, 4.69) is 9.97 Å². The molecule has 0 spiro atoms. The largest absolute Gasteiger partial charge is 0.497 e. The topological polar surface area (TPSA) is 97.6 Å². The number of hydrogen-bond donors (Lipinski definition) is 0. The third-order valence-corrected chi connectivity index (χ3v) is 6.21. The Kier molecular flexibility index (Phi) is 5.53. The lowest BCUT2D eigenvalue weighted by molar-refractivity contribution is -0.134. The van der Waals surface area contributed by atoms with E-state index in [1.165, 1.54) is 4.57 Å². The molecule has 1 saturated carbocycles. The molecule has 1 saturated heterocycles. The van der Waals surface area contributed by atoms with Gasteiger partial charge in [-0.25, -0.2) is 9.97 Å². The predicted octanol–water partition coefficient (Wildman–Crippen LogP) is 1.54. The summed E-state index contributed by atoms with van der Waals surface area (Å²) >= 11 is 0. The van der Waals surface area contributed by atoms with Crippen LogP contribution in [0.25, 0.3) is 11.2 Å². The Labute approximate surface area is 190 Å². The van der Waals surface area contributed by atoms with Gasteiger partial charge in [0.25, 0.3) is 11.5 Å². The fraction of sp³-hybridized carbons (Fsp3) is 0.375. The number of piperazine rings is 1. The van der Waals surface area contributed by atoms with E-state index in [1.807, 2.05) is 29.2 Å². The molecule has 1 aliphatic carbocycles. The van der Waals surface area contributed by atoms with Crippen molar-refractivity contribution in [3.05, 3.63) is 64.2 Å². The Morgan fingerprint density at radius 1 is 1.03 bits per heavy atom. The van der Waals surface area contributed by atoms with Crippen LogP contribution in [0.15, 0.2) is 47.4 Å². The van der Waals surface area contributed by atoms with Crippen LogP contribution in [0.5, 0.6) is 5.75 Å². The van der Waals surface area contributed by atoms with E-state index in [0.717, 1.165) is 24.2 Å². The number of ether oxygens (including phenoxy) is 1. The number of rotatable bonds is 5. The lowest BCUT2D eigenvalue weighted by atomic mass is 10.2. The molecule has 2 aromatic heterocycles. The van der Waals surface area contributed by atoms with Crippen LogP contribution in [0.2, 0.25) is 0 Å². The number of fused-ring (bicyclic) bond motifs is 1. The molecular weight excluding hydrogens is 422 g/mol. The molecule has 0 atom stereocenters. The summed E-state index contributed by atoms with van der Waals surface area (Å²) in [5.74, 6) is 0.651. The molecule has 33 heavy (non-hydrogen) atoms. The van der Waals surface area contributed by atoms with Crippen LogP contribution in [-0.4, -0.2) is 69.4 Å². The van der Waals surface area contributed by atoms with E-state index in [1.54, 1.807) is 30.3 Å². The van der Waals surface area contributed by atoms with E-state index in [0.29, 0.717) is 37.3 Å². The van der Waals surface area contributed by atoms with Crippen LogP contribution in [0.1, 0.15) is 28.9 Å². The van der Waals surface area contributed by atoms with Gasteiger partial charge in [-0.3, -0.25) is 19.0 Å². The van der Waals surface area contributed by atoms with Crippen molar-refractivity contribution in [2.75, 3.05) is 33.3 Å². The zero-order valence-corrected chi connectivity index (χ0v) is 18.4. The molecule has 0 unspecified atom stereocenters. The molecule has 0 N–H and O–H groups in total. The van der Waals surface area contributed by atoms with Gasteiger partial charge >= 0.3 is 0 Å². The Bertz CT molecular complexity index is 1260. The zero-order valence-electron chi connectivity index (χ0n) is 18.4. The molecule has 0 radical (unpaired) electrons. The molecule has 0 bridgehead atoms. The van der Waals surface area contributed by atoms with Crippen molar-refractivity contribution in [1.29, 1.82) is 0 Å². The zero-order chi connectivity index (χ0) is 22.9. The number of pyridine rings is 1. The van der Waals surface area contributed by atoms with Crippen molar-refractivity contribution in [3.8, 4) is 5.75 Å². The summed E-state index contributed by atoms with van der Waals surface area (Å²) in [6, 6.07) is 10.9. The molecule has 170 valence electrons. The van der Waals surface area contributed by atoms with Crippen LogP contribution in [-0.2, 0) is 11.3 Å². The Morgan fingerprint density at radius 3 is 2.39 bits per heavy atom. The maximum atomic E-state index is 13.4. The van der Waals surface area contributed by atoms with Gasteiger partial charge in [-0.2, -0.15) is 0 Å². The van der Waals surface area contributed by atoms with Gasteiger partial charge in [-0.15, -0.1) is 0 Å². The number of amides is 2. The Hall–Kier alpha value is -3.75. The molecule has 2 amide bonds. The average molecular weight is 447 g/mol. The number of methoxy groups -OCH3 is 1. The third-order valence-electron chi connectivity index (χ3n) is 6.21. The van der Waals surface area contributed by atoms with Gasteiger partial charge in [0.05, 0.1) is 13.7 Å². The van der Waals surface area contributed by atoms with Crippen molar-refractivity contribution in [2.24, 2.45) is 5.92 Å². The van der Waals surface area contributed by atoms with Gasteiger partial charge in [-0.1, -0.05) is 12.1 Å². The highest BCUT2D eigenvalue weighted by Crippen LogP contribution is 2.31. The highest BCUT2D eigenvalue weighted by atomic mass is 16.5. The first-order valence-corrected chi connectivity index (χ1v) is 11.1. The molecule has 3 aromatic rings. The van der Waals surface area contributed by atoms with Crippen LogP contribution in [0, 0.1) is 5.92 Å². The van der Waals surface area contributed by atoms with Crippen LogP contribution >= 0.6 is 0 Å². The second-order valence-electron chi connectivity index (χ2n) is 8.44. The number of carbonyl (C=O) groups is 2. The number of aromatic nitrogens is 3. The Morgan fingerprint density at radius 2 is 1.73 bits per heavy atom. The SMILES string of the molecule is COc1ccc(Cn2c(=O)c(C(=O)N3CCN(C(=O)C4CC4)CC3)nc3cccnc32)cc1. The van der Waals surface area contributed by atoms with Crippen molar-refractivity contribution in [3.63, 3.8) is 0 Å². The molecule has 2 fully saturated rings. The maximum absolute atomic E-state index is 13.4. The van der Waals surface area contributed by atoms with Gasteiger partial charge in [0.15, 0.2) is 11.3 Å². The second-order valence-corrected chi connectivity index (χ2v) is 8.44. The predicted molar refractivity (Wildman–Crippen MR) is 121 cm³/mol. The summed E-state index contributed by atoms with van der Waals surface area (Å²) in [5.41, 5.74) is 1.19. The number of benzene rings is 1. The van der Waals surface area contributed by atoms with Gasteiger partial charge in [0, 0.05) is 38.3 Å². The standard InChI is InChI=1S/C24H25N5O4/c1-33-18-8-4-16(5-9-18)15-29-21-19(3-2-10-25-21)26-20(24(29)32)23(31)28-13-11-27(12-14-28)22(30)17-6-7-17/h2-5,8-10,17H,6-7,11-15H2,1H3. The number of hydrogen-bond acceptors (Lipinski definition) is 6. The number of carbonyl (C=O) groups excluding carboxylic acids is 2. The molecular formula is C24H25N5O4. The summed E-state index contributed by atoms with van der Waals surface area (Å²) in [5, 5.41) is 0. The van der Waals surface area contributed by atoms with E-state index in [9.17, 15) is 14.4 Å². The fourth-order valence-corrected chi connectivity index (χ4v) is 4.14. The molecule has 1 aromatic carbocycles. The fourth-order valence-electron chi connectivity index (χ4n) is 4.14. The smallest absolute Gasteiger partial charge is 0.284 e. The van der Waals surface area contributed by atoms with Crippen molar-refractivity contribution < 1.29 is 14.3 Å². The first-order valence-electron chi connectivity index (χ1n) is 11.1. The van der Waals surface area contributed by atoms with Gasteiger partial charge in [0.1, 0.15) is 11.3 Å². The summed E-state index contributed by atoms with van der Waals surface area (Å²) in [4.78, 5) is 51.1. The average Bonchev–Trinajstić information content (AvgIpc) is 3.71. The minimum Gasteiger partial charge on any atom is -0.497 e. The lowest BCUT2D eigenvalue weighted by Gasteiger charge is -2.34. The first-order chi connectivity index (χ1) is 16.0. The van der Waals surface area contributed by atoms with E-state index < -0.39 is 11.5 Å².